The highest BCUT2D eigenvalue weighted by atomic mass is 19.1. The van der Waals surface area contributed by atoms with E-state index in [0.717, 1.165) is 25.2 Å². The number of carbonyl (C=O) groups excluding carboxylic acids is 1. The van der Waals surface area contributed by atoms with Crippen LogP contribution in [0.1, 0.15) is 12.5 Å². The Morgan fingerprint density at radius 1 is 1.37 bits per heavy atom. The topological polar surface area (TPSA) is 49.6 Å². The zero-order chi connectivity index (χ0) is 13.8. The van der Waals surface area contributed by atoms with E-state index >= 15 is 0 Å². The predicted octanol–water partition coefficient (Wildman–Crippen LogP) is 0.817. The normalized spacial score (nSPS) is 18.4. The number of nitrogens with two attached hydrogens (primary N) is 1. The summed E-state index contributed by atoms with van der Waals surface area (Å²) in [6, 6.07) is 6.21. The summed E-state index contributed by atoms with van der Waals surface area (Å²) in [5, 5.41) is 0. The van der Waals surface area contributed by atoms with Gasteiger partial charge < -0.3 is 10.6 Å². The van der Waals surface area contributed by atoms with Crippen LogP contribution in [0.5, 0.6) is 0 Å². The highest BCUT2D eigenvalue weighted by Crippen LogP contribution is 2.10. The summed E-state index contributed by atoms with van der Waals surface area (Å²) in [5.74, 6) is -0.200. The molecular formula is C14H20FN3O. The highest BCUT2D eigenvalue weighted by molar-refractivity contribution is 5.81. The molecule has 1 aromatic carbocycles. The number of benzene rings is 1. The summed E-state index contributed by atoms with van der Waals surface area (Å²) in [4.78, 5) is 15.8. The van der Waals surface area contributed by atoms with Gasteiger partial charge in [-0.3, -0.25) is 9.69 Å². The summed E-state index contributed by atoms with van der Waals surface area (Å²) in [6.07, 6.45) is 0. The molecule has 0 aromatic heterocycles. The third-order valence-corrected chi connectivity index (χ3v) is 3.37. The minimum atomic E-state index is -0.435. The average molecular weight is 265 g/mol. The first-order valence-electron chi connectivity index (χ1n) is 6.57. The van der Waals surface area contributed by atoms with Crippen LogP contribution >= 0.6 is 0 Å². The Morgan fingerprint density at radius 3 is 2.63 bits per heavy atom. The SMILES string of the molecule is C[C@H](N)C(=O)N1CCN(Cc2cccc(F)c2)CC1. The molecule has 0 bridgehead atoms. The van der Waals surface area contributed by atoms with Crippen LogP contribution in [0.3, 0.4) is 0 Å². The summed E-state index contributed by atoms with van der Waals surface area (Å²) < 4.78 is 13.1. The van der Waals surface area contributed by atoms with Gasteiger partial charge in [0.05, 0.1) is 6.04 Å². The Morgan fingerprint density at radius 2 is 2.05 bits per heavy atom. The van der Waals surface area contributed by atoms with Crippen molar-refractivity contribution in [1.29, 1.82) is 0 Å². The fraction of sp³-hybridized carbons (Fsp3) is 0.500. The molecule has 5 heteroatoms. The second-order valence-electron chi connectivity index (χ2n) is 5.02. The number of rotatable bonds is 3. The molecule has 0 saturated carbocycles. The van der Waals surface area contributed by atoms with E-state index in [9.17, 15) is 9.18 Å². The Balaban J connectivity index is 1.85. The molecule has 0 radical (unpaired) electrons. The largest absolute Gasteiger partial charge is 0.339 e. The van der Waals surface area contributed by atoms with Crippen LogP contribution in [0, 0.1) is 5.82 Å². The van der Waals surface area contributed by atoms with Crippen LogP contribution in [0.4, 0.5) is 4.39 Å². The van der Waals surface area contributed by atoms with E-state index in [-0.39, 0.29) is 11.7 Å². The van der Waals surface area contributed by atoms with E-state index in [0.29, 0.717) is 13.1 Å². The van der Waals surface area contributed by atoms with Crippen molar-refractivity contribution in [2.75, 3.05) is 26.2 Å². The van der Waals surface area contributed by atoms with Gasteiger partial charge in [0, 0.05) is 32.7 Å². The lowest BCUT2D eigenvalue weighted by Crippen LogP contribution is -2.52. The molecule has 4 nitrogen and oxygen atoms in total. The Bertz CT molecular complexity index is 442. The van der Waals surface area contributed by atoms with Crippen molar-refractivity contribution in [3.63, 3.8) is 0 Å². The van der Waals surface area contributed by atoms with E-state index < -0.39 is 6.04 Å². The maximum absolute atomic E-state index is 13.1. The maximum Gasteiger partial charge on any atom is 0.239 e. The molecule has 1 amide bonds. The Labute approximate surface area is 113 Å². The van der Waals surface area contributed by atoms with Gasteiger partial charge >= 0.3 is 0 Å². The van der Waals surface area contributed by atoms with E-state index in [1.807, 2.05) is 6.07 Å². The zero-order valence-electron chi connectivity index (χ0n) is 11.2. The number of halogens is 1. The molecule has 0 unspecified atom stereocenters. The molecule has 1 fully saturated rings. The van der Waals surface area contributed by atoms with Crippen LogP contribution in [0.15, 0.2) is 24.3 Å². The lowest BCUT2D eigenvalue weighted by atomic mass is 10.2. The monoisotopic (exact) mass is 265 g/mol. The third kappa shape index (κ3) is 3.75. The van der Waals surface area contributed by atoms with Crippen molar-refractivity contribution in [1.82, 2.24) is 9.80 Å². The Kier molecular flexibility index (Phi) is 4.50. The number of amides is 1. The van der Waals surface area contributed by atoms with E-state index in [1.54, 1.807) is 24.0 Å². The second-order valence-corrected chi connectivity index (χ2v) is 5.02. The van der Waals surface area contributed by atoms with Crippen molar-refractivity contribution >= 4 is 5.91 Å². The lowest BCUT2D eigenvalue weighted by Gasteiger charge is -2.35. The summed E-state index contributed by atoms with van der Waals surface area (Å²) in [6.45, 7) is 5.41. The fourth-order valence-corrected chi connectivity index (χ4v) is 2.31. The van der Waals surface area contributed by atoms with Crippen LogP contribution in [0.25, 0.3) is 0 Å². The van der Waals surface area contributed by atoms with Gasteiger partial charge in [-0.1, -0.05) is 12.1 Å². The van der Waals surface area contributed by atoms with E-state index in [1.165, 1.54) is 6.07 Å². The summed E-state index contributed by atoms with van der Waals surface area (Å²) >= 11 is 0. The smallest absolute Gasteiger partial charge is 0.239 e. The quantitative estimate of drug-likeness (QED) is 0.880. The molecule has 0 spiro atoms. The van der Waals surface area contributed by atoms with Gasteiger partial charge in [0.1, 0.15) is 5.82 Å². The van der Waals surface area contributed by atoms with Crippen molar-refractivity contribution in [3.8, 4) is 0 Å². The van der Waals surface area contributed by atoms with Crippen molar-refractivity contribution in [2.45, 2.75) is 19.5 Å². The zero-order valence-corrected chi connectivity index (χ0v) is 11.2. The van der Waals surface area contributed by atoms with Crippen LogP contribution < -0.4 is 5.73 Å². The third-order valence-electron chi connectivity index (χ3n) is 3.37. The molecule has 1 aromatic rings. The van der Waals surface area contributed by atoms with Crippen molar-refractivity contribution in [3.05, 3.63) is 35.6 Å². The lowest BCUT2D eigenvalue weighted by molar-refractivity contribution is -0.134. The van der Waals surface area contributed by atoms with Gasteiger partial charge in [-0.05, 0) is 24.6 Å². The molecule has 1 atom stereocenters. The molecule has 104 valence electrons. The van der Waals surface area contributed by atoms with Crippen LogP contribution in [0.2, 0.25) is 0 Å². The minimum absolute atomic E-state index is 0.00501. The van der Waals surface area contributed by atoms with Gasteiger partial charge in [-0.15, -0.1) is 0 Å². The molecule has 1 heterocycles. The molecule has 1 aliphatic heterocycles. The molecule has 19 heavy (non-hydrogen) atoms. The second kappa shape index (κ2) is 6.12. The first kappa shape index (κ1) is 14.0. The summed E-state index contributed by atoms with van der Waals surface area (Å²) in [5.41, 5.74) is 6.56. The molecule has 0 aliphatic carbocycles. The van der Waals surface area contributed by atoms with E-state index in [2.05, 4.69) is 4.90 Å². The fourth-order valence-electron chi connectivity index (χ4n) is 2.31. The van der Waals surface area contributed by atoms with Gasteiger partial charge in [-0.2, -0.15) is 0 Å². The Hall–Kier alpha value is -1.46. The van der Waals surface area contributed by atoms with Crippen molar-refractivity contribution < 1.29 is 9.18 Å². The van der Waals surface area contributed by atoms with Gasteiger partial charge in [0.2, 0.25) is 5.91 Å². The van der Waals surface area contributed by atoms with Gasteiger partial charge in [0.15, 0.2) is 0 Å². The number of nitrogens with zero attached hydrogens (tertiary/aromatic N) is 2. The molecular weight excluding hydrogens is 245 g/mol. The number of carbonyl (C=O) groups is 1. The average Bonchev–Trinajstić information content (AvgIpc) is 2.39. The molecule has 2 rings (SSSR count). The first-order valence-corrected chi connectivity index (χ1v) is 6.57. The molecule has 2 N–H and O–H groups in total. The maximum atomic E-state index is 13.1. The van der Waals surface area contributed by atoms with Crippen LogP contribution in [-0.4, -0.2) is 47.9 Å². The number of piperazine rings is 1. The van der Waals surface area contributed by atoms with Crippen LogP contribution in [-0.2, 0) is 11.3 Å². The molecule has 1 aliphatic rings. The number of hydrogen-bond donors (Lipinski definition) is 1. The van der Waals surface area contributed by atoms with Crippen molar-refractivity contribution in [2.24, 2.45) is 5.73 Å². The highest BCUT2D eigenvalue weighted by Gasteiger charge is 2.22. The minimum Gasteiger partial charge on any atom is -0.339 e. The predicted molar refractivity (Wildman–Crippen MR) is 71.9 cm³/mol. The summed E-state index contributed by atoms with van der Waals surface area (Å²) in [7, 11) is 0. The number of hydrogen-bond acceptors (Lipinski definition) is 3. The van der Waals surface area contributed by atoms with E-state index in [4.69, 9.17) is 5.73 Å². The standard InChI is InChI=1S/C14H20FN3O/c1-11(16)14(19)18-7-5-17(6-8-18)10-12-3-2-4-13(15)9-12/h2-4,9,11H,5-8,10,16H2,1H3/t11-/m0/s1. The first-order chi connectivity index (χ1) is 9.06. The van der Waals surface area contributed by atoms with Gasteiger partial charge in [0.25, 0.3) is 0 Å². The molecule has 1 saturated heterocycles. The van der Waals surface area contributed by atoms with Gasteiger partial charge in [-0.25, -0.2) is 4.39 Å².